The minimum atomic E-state index is -4.44. The summed E-state index contributed by atoms with van der Waals surface area (Å²) in [6.07, 6.45) is 0.0896. The van der Waals surface area contributed by atoms with Gasteiger partial charge in [0.15, 0.2) is 11.5 Å². The summed E-state index contributed by atoms with van der Waals surface area (Å²) in [5.74, 6) is -1.30. The van der Waals surface area contributed by atoms with Gasteiger partial charge in [-0.05, 0) is 68.8 Å². The molecule has 0 aliphatic rings. The number of nitrogens with zero attached hydrogens (tertiary/aromatic N) is 2. The van der Waals surface area contributed by atoms with Crippen LogP contribution in [0.3, 0.4) is 0 Å². The van der Waals surface area contributed by atoms with Gasteiger partial charge in [0.05, 0.1) is 24.8 Å². The maximum absolute atomic E-state index is 15.1. The molecule has 48 heavy (non-hydrogen) atoms. The van der Waals surface area contributed by atoms with E-state index in [1.807, 2.05) is 51.1 Å². The SMILES string of the molecule is COc1ccc(S(=O)(=O)N(CC(=O)N(Cc2ccccc2F)[C@H](Cc2ccccc2)C(=O)NC(C)(C)C)c2ccc(Cl)cc2)cc1OC. The van der Waals surface area contributed by atoms with Gasteiger partial charge in [0, 0.05) is 35.2 Å². The lowest BCUT2D eigenvalue weighted by molar-refractivity contribution is -0.140. The van der Waals surface area contributed by atoms with Crippen molar-refractivity contribution >= 4 is 39.1 Å². The Morgan fingerprint density at radius 1 is 0.875 bits per heavy atom. The summed E-state index contributed by atoms with van der Waals surface area (Å²) in [7, 11) is -1.63. The summed E-state index contributed by atoms with van der Waals surface area (Å²) >= 11 is 6.13. The molecule has 0 aliphatic heterocycles. The third kappa shape index (κ3) is 9.05. The zero-order valence-electron chi connectivity index (χ0n) is 27.4. The highest BCUT2D eigenvalue weighted by atomic mass is 35.5. The quantitative estimate of drug-likeness (QED) is 0.177. The Morgan fingerprint density at radius 3 is 2.10 bits per heavy atom. The smallest absolute Gasteiger partial charge is 0.264 e. The van der Waals surface area contributed by atoms with E-state index in [2.05, 4.69) is 5.32 Å². The summed E-state index contributed by atoms with van der Waals surface area (Å²) in [5.41, 5.74) is 0.399. The second-order valence-electron chi connectivity index (χ2n) is 12.1. The maximum Gasteiger partial charge on any atom is 0.264 e. The Kier molecular flexibility index (Phi) is 11.7. The first-order valence-electron chi connectivity index (χ1n) is 15.1. The van der Waals surface area contributed by atoms with Crippen LogP contribution in [-0.4, -0.2) is 57.5 Å². The third-order valence-electron chi connectivity index (χ3n) is 7.40. The topological polar surface area (TPSA) is 105 Å². The molecule has 9 nitrogen and oxygen atoms in total. The number of ether oxygens (including phenoxy) is 2. The van der Waals surface area contributed by atoms with E-state index in [0.29, 0.717) is 10.8 Å². The molecule has 1 N–H and O–H groups in total. The van der Waals surface area contributed by atoms with E-state index in [9.17, 15) is 18.0 Å². The van der Waals surface area contributed by atoms with Crippen molar-refractivity contribution in [3.63, 3.8) is 0 Å². The molecule has 0 spiro atoms. The summed E-state index contributed by atoms with van der Waals surface area (Å²) in [5, 5.41) is 3.31. The molecular weight excluding hydrogens is 657 g/mol. The molecule has 0 heterocycles. The van der Waals surface area contributed by atoms with Gasteiger partial charge in [-0.25, -0.2) is 12.8 Å². The number of methoxy groups -OCH3 is 2. The number of hydrogen-bond acceptors (Lipinski definition) is 6. The fraction of sp³-hybridized carbons (Fsp3) is 0.278. The summed E-state index contributed by atoms with van der Waals surface area (Å²) in [6.45, 7) is 4.41. The Labute approximate surface area is 286 Å². The Balaban J connectivity index is 1.85. The fourth-order valence-corrected chi connectivity index (χ4v) is 6.61. The highest BCUT2D eigenvalue weighted by Crippen LogP contribution is 2.33. The second kappa shape index (κ2) is 15.5. The molecule has 12 heteroatoms. The first-order valence-corrected chi connectivity index (χ1v) is 16.9. The van der Waals surface area contributed by atoms with Gasteiger partial charge in [-0.1, -0.05) is 60.1 Å². The molecule has 4 rings (SSSR count). The molecule has 0 saturated carbocycles. The highest BCUT2D eigenvalue weighted by molar-refractivity contribution is 7.92. The van der Waals surface area contributed by atoms with Crippen molar-refractivity contribution in [2.24, 2.45) is 0 Å². The number of benzene rings is 4. The van der Waals surface area contributed by atoms with Gasteiger partial charge in [0.25, 0.3) is 10.0 Å². The standard InChI is InChI=1S/C36H39ClFN3O6S/c1-36(2,3)39-35(43)31(21-25-11-7-6-8-12-25)40(23-26-13-9-10-14-30(26)38)34(42)24-41(28-17-15-27(37)16-18-28)48(44,45)29-19-20-32(46-4)33(22-29)47-5/h6-20,22,31H,21,23-24H2,1-5H3,(H,39,43)/t31-/m1/s1. The Hall–Kier alpha value is -4.61. The molecule has 0 fully saturated rings. The summed E-state index contributed by atoms with van der Waals surface area (Å²) in [4.78, 5) is 29.6. The maximum atomic E-state index is 15.1. The van der Waals surface area contributed by atoms with Crippen molar-refractivity contribution in [3.8, 4) is 11.5 Å². The number of halogens is 2. The molecule has 0 saturated heterocycles. The van der Waals surface area contributed by atoms with Crippen LogP contribution < -0.4 is 19.1 Å². The van der Waals surface area contributed by atoms with E-state index in [-0.39, 0.29) is 34.9 Å². The van der Waals surface area contributed by atoms with Gasteiger partial charge in [0.1, 0.15) is 18.4 Å². The molecule has 4 aromatic rings. The van der Waals surface area contributed by atoms with Crippen LogP contribution in [0.15, 0.2) is 102 Å². The largest absolute Gasteiger partial charge is 0.493 e. The number of sulfonamides is 1. The molecule has 254 valence electrons. The molecule has 0 aliphatic carbocycles. The third-order valence-corrected chi connectivity index (χ3v) is 9.43. The van der Waals surface area contributed by atoms with E-state index in [0.717, 1.165) is 9.87 Å². The van der Waals surface area contributed by atoms with Crippen LogP contribution in [-0.2, 0) is 32.6 Å². The first kappa shape index (κ1) is 36.2. The number of carbonyl (C=O) groups is 2. The predicted octanol–water partition coefficient (Wildman–Crippen LogP) is 6.25. The van der Waals surface area contributed by atoms with Crippen LogP contribution in [0.2, 0.25) is 5.02 Å². The Morgan fingerprint density at radius 2 is 1.50 bits per heavy atom. The van der Waals surface area contributed by atoms with Crippen LogP contribution in [0.4, 0.5) is 10.1 Å². The van der Waals surface area contributed by atoms with Crippen molar-refractivity contribution in [1.82, 2.24) is 10.2 Å². The lowest BCUT2D eigenvalue weighted by atomic mass is 10.0. The number of anilines is 1. The number of hydrogen-bond donors (Lipinski definition) is 1. The molecule has 0 aromatic heterocycles. The lowest BCUT2D eigenvalue weighted by Gasteiger charge is -2.35. The van der Waals surface area contributed by atoms with Gasteiger partial charge >= 0.3 is 0 Å². The first-order chi connectivity index (χ1) is 22.7. The fourth-order valence-electron chi connectivity index (χ4n) is 5.06. The normalized spacial score (nSPS) is 12.1. The van der Waals surface area contributed by atoms with Gasteiger partial charge < -0.3 is 19.7 Å². The molecular formula is C36H39ClFN3O6S. The average Bonchev–Trinajstić information content (AvgIpc) is 3.05. The molecule has 0 bridgehead atoms. The summed E-state index contributed by atoms with van der Waals surface area (Å²) in [6, 6.07) is 24.0. The minimum Gasteiger partial charge on any atom is -0.493 e. The van der Waals surface area contributed by atoms with Gasteiger partial charge in [0.2, 0.25) is 11.8 Å². The molecule has 0 unspecified atom stereocenters. The van der Waals surface area contributed by atoms with Gasteiger partial charge in [-0.15, -0.1) is 0 Å². The average molecular weight is 696 g/mol. The van der Waals surface area contributed by atoms with Crippen molar-refractivity contribution < 1.29 is 31.9 Å². The second-order valence-corrected chi connectivity index (χ2v) is 14.4. The molecule has 1 atom stereocenters. The van der Waals surface area contributed by atoms with Gasteiger partial charge in [-0.2, -0.15) is 0 Å². The summed E-state index contributed by atoms with van der Waals surface area (Å²) < 4.78 is 55.3. The number of nitrogens with one attached hydrogen (secondary N) is 1. The van der Waals surface area contributed by atoms with E-state index in [1.165, 1.54) is 79.8 Å². The van der Waals surface area contributed by atoms with Crippen molar-refractivity contribution in [3.05, 3.63) is 119 Å². The Bertz CT molecular complexity index is 1830. The van der Waals surface area contributed by atoms with Crippen LogP contribution in [0.25, 0.3) is 0 Å². The minimum absolute atomic E-state index is 0.0896. The zero-order valence-corrected chi connectivity index (χ0v) is 29.0. The lowest BCUT2D eigenvalue weighted by Crippen LogP contribution is -2.56. The van der Waals surface area contributed by atoms with E-state index >= 15 is 4.39 Å². The number of carbonyl (C=O) groups excluding carboxylic acids is 2. The number of rotatable bonds is 13. The van der Waals surface area contributed by atoms with Crippen LogP contribution in [0.1, 0.15) is 31.9 Å². The van der Waals surface area contributed by atoms with Crippen LogP contribution in [0, 0.1) is 5.82 Å². The molecule has 0 radical (unpaired) electrons. The zero-order chi connectivity index (χ0) is 35.1. The van der Waals surface area contributed by atoms with Crippen molar-refractivity contribution in [2.45, 2.75) is 50.2 Å². The highest BCUT2D eigenvalue weighted by Gasteiger charge is 2.36. The van der Waals surface area contributed by atoms with E-state index < -0.39 is 45.8 Å². The van der Waals surface area contributed by atoms with Crippen LogP contribution in [0.5, 0.6) is 11.5 Å². The monoisotopic (exact) mass is 695 g/mol. The van der Waals surface area contributed by atoms with E-state index in [4.69, 9.17) is 21.1 Å². The van der Waals surface area contributed by atoms with Crippen LogP contribution >= 0.6 is 11.6 Å². The molecule has 4 aromatic carbocycles. The van der Waals surface area contributed by atoms with Crippen molar-refractivity contribution in [2.75, 3.05) is 25.1 Å². The molecule has 2 amide bonds. The van der Waals surface area contributed by atoms with E-state index in [1.54, 1.807) is 6.07 Å². The van der Waals surface area contributed by atoms with Gasteiger partial charge in [-0.3, -0.25) is 13.9 Å². The number of amides is 2. The predicted molar refractivity (Wildman–Crippen MR) is 184 cm³/mol. The van der Waals surface area contributed by atoms with Crippen molar-refractivity contribution in [1.29, 1.82) is 0 Å².